The Hall–Kier alpha value is -0.130. The van der Waals surface area contributed by atoms with E-state index < -0.39 is 10.0 Å². The Labute approximate surface area is 123 Å². The molecule has 1 saturated heterocycles. The van der Waals surface area contributed by atoms with E-state index in [1.54, 1.807) is 0 Å². The lowest BCUT2D eigenvalue weighted by molar-refractivity contribution is 0.344. The molecule has 116 valence electrons. The molecule has 0 spiro atoms. The Kier molecular flexibility index (Phi) is 4.68. The first-order chi connectivity index (χ1) is 9.65. The number of rotatable bonds is 6. The molecule has 5 heteroatoms. The summed E-state index contributed by atoms with van der Waals surface area (Å²) in [5.74, 6) is 0.808. The summed E-state index contributed by atoms with van der Waals surface area (Å²) in [7, 11) is -3.05. The van der Waals surface area contributed by atoms with Crippen LogP contribution in [0.25, 0.3) is 0 Å². The van der Waals surface area contributed by atoms with Crippen molar-refractivity contribution in [3.8, 4) is 0 Å². The molecular weight excluding hydrogens is 272 g/mol. The molecule has 1 heterocycles. The minimum atomic E-state index is -3.05. The molecule has 1 unspecified atom stereocenters. The zero-order valence-corrected chi connectivity index (χ0v) is 13.2. The third kappa shape index (κ3) is 3.74. The smallest absolute Gasteiger partial charge is 0.214 e. The lowest BCUT2D eigenvalue weighted by Crippen LogP contribution is -2.44. The second-order valence-corrected chi connectivity index (χ2v) is 8.84. The third-order valence-electron chi connectivity index (χ3n) is 5.05. The maximum atomic E-state index is 12.8. The second kappa shape index (κ2) is 6.32. The number of hydrogen-bond acceptors (Lipinski definition) is 3. The zero-order chi connectivity index (χ0) is 14.0. The third-order valence-corrected chi connectivity index (χ3v) is 7.10. The highest BCUT2D eigenvalue weighted by molar-refractivity contribution is 7.89. The van der Waals surface area contributed by atoms with E-state index in [1.807, 2.05) is 4.31 Å². The summed E-state index contributed by atoms with van der Waals surface area (Å²) >= 11 is 0. The van der Waals surface area contributed by atoms with Gasteiger partial charge in [0.05, 0.1) is 5.75 Å². The minimum Gasteiger partial charge on any atom is -0.313 e. The molecule has 1 N–H and O–H groups in total. The fourth-order valence-electron chi connectivity index (χ4n) is 3.73. The van der Waals surface area contributed by atoms with Crippen LogP contribution >= 0.6 is 0 Å². The Morgan fingerprint density at radius 2 is 1.70 bits per heavy atom. The van der Waals surface area contributed by atoms with Gasteiger partial charge >= 0.3 is 0 Å². The fourth-order valence-corrected chi connectivity index (χ4v) is 5.92. The monoisotopic (exact) mass is 300 g/mol. The van der Waals surface area contributed by atoms with Crippen LogP contribution in [0.1, 0.15) is 57.8 Å². The van der Waals surface area contributed by atoms with E-state index in [0.29, 0.717) is 30.3 Å². The first kappa shape index (κ1) is 14.8. The van der Waals surface area contributed by atoms with Crippen LogP contribution in [0, 0.1) is 5.92 Å². The van der Waals surface area contributed by atoms with Crippen molar-refractivity contribution in [1.29, 1.82) is 0 Å². The first-order valence-corrected chi connectivity index (χ1v) is 9.99. The van der Waals surface area contributed by atoms with Gasteiger partial charge in [-0.15, -0.1) is 0 Å². The molecule has 3 rings (SSSR count). The standard InChI is InChI=1S/C15H28N2O2S/c18-20(19,12-13-5-2-1-3-6-13)17(15-8-9-15)11-14-7-4-10-16-14/h13-16H,1-12H2. The van der Waals surface area contributed by atoms with Gasteiger partial charge in [0.25, 0.3) is 0 Å². The highest BCUT2D eigenvalue weighted by atomic mass is 32.2. The van der Waals surface area contributed by atoms with Crippen LogP contribution in [-0.2, 0) is 10.0 Å². The molecule has 1 aliphatic heterocycles. The van der Waals surface area contributed by atoms with Gasteiger partial charge in [-0.05, 0) is 51.0 Å². The molecule has 2 aliphatic carbocycles. The largest absolute Gasteiger partial charge is 0.313 e. The van der Waals surface area contributed by atoms with Crippen molar-refractivity contribution >= 4 is 10.0 Å². The van der Waals surface area contributed by atoms with E-state index in [1.165, 1.54) is 25.7 Å². The molecule has 0 aromatic heterocycles. The number of hydrogen-bond donors (Lipinski definition) is 1. The highest BCUT2D eigenvalue weighted by Gasteiger charge is 2.39. The summed E-state index contributed by atoms with van der Waals surface area (Å²) in [6, 6.07) is 0.697. The van der Waals surface area contributed by atoms with E-state index in [-0.39, 0.29) is 0 Å². The van der Waals surface area contributed by atoms with Crippen molar-refractivity contribution in [2.75, 3.05) is 18.8 Å². The van der Waals surface area contributed by atoms with E-state index in [4.69, 9.17) is 0 Å². The average molecular weight is 300 g/mol. The summed E-state index contributed by atoms with van der Waals surface area (Å²) in [5.41, 5.74) is 0. The molecule has 0 bridgehead atoms. The van der Waals surface area contributed by atoms with Crippen molar-refractivity contribution in [2.45, 2.75) is 69.9 Å². The van der Waals surface area contributed by atoms with Crippen molar-refractivity contribution < 1.29 is 8.42 Å². The Morgan fingerprint density at radius 3 is 2.30 bits per heavy atom. The van der Waals surface area contributed by atoms with Crippen LogP contribution in [0.5, 0.6) is 0 Å². The molecule has 0 aromatic carbocycles. The average Bonchev–Trinajstić information content (AvgIpc) is 3.12. The van der Waals surface area contributed by atoms with Crippen molar-refractivity contribution in [2.24, 2.45) is 5.92 Å². The molecule has 1 atom stereocenters. The predicted octanol–water partition coefficient (Wildman–Crippen LogP) is 2.11. The van der Waals surface area contributed by atoms with Crippen molar-refractivity contribution in [1.82, 2.24) is 9.62 Å². The zero-order valence-electron chi connectivity index (χ0n) is 12.4. The summed E-state index contributed by atoms with van der Waals surface area (Å²) in [4.78, 5) is 0. The van der Waals surface area contributed by atoms with Crippen molar-refractivity contribution in [3.63, 3.8) is 0 Å². The van der Waals surface area contributed by atoms with Gasteiger partial charge in [0.2, 0.25) is 10.0 Å². The summed E-state index contributed by atoms with van der Waals surface area (Å²) < 4.78 is 27.4. The van der Waals surface area contributed by atoms with Crippen LogP contribution in [-0.4, -0.2) is 43.6 Å². The maximum Gasteiger partial charge on any atom is 0.214 e. The second-order valence-electron chi connectivity index (χ2n) is 6.88. The Balaban J connectivity index is 1.62. The van der Waals surface area contributed by atoms with Gasteiger partial charge in [0.1, 0.15) is 0 Å². The molecule has 0 amide bonds. The Morgan fingerprint density at radius 1 is 0.950 bits per heavy atom. The van der Waals surface area contributed by atoms with Gasteiger partial charge in [0, 0.05) is 18.6 Å². The van der Waals surface area contributed by atoms with Gasteiger partial charge in [-0.2, -0.15) is 4.31 Å². The number of sulfonamides is 1. The molecule has 2 saturated carbocycles. The molecule has 4 nitrogen and oxygen atoms in total. The summed E-state index contributed by atoms with van der Waals surface area (Å²) in [5, 5.41) is 3.44. The van der Waals surface area contributed by atoms with E-state index in [9.17, 15) is 8.42 Å². The normalized spacial score (nSPS) is 29.1. The maximum absolute atomic E-state index is 12.8. The first-order valence-electron chi connectivity index (χ1n) is 8.38. The van der Waals surface area contributed by atoms with Gasteiger partial charge in [0.15, 0.2) is 0 Å². The topological polar surface area (TPSA) is 49.4 Å². The Bertz CT molecular complexity index is 408. The molecule has 20 heavy (non-hydrogen) atoms. The lowest BCUT2D eigenvalue weighted by atomic mass is 9.91. The van der Waals surface area contributed by atoms with Crippen LogP contribution in [0.4, 0.5) is 0 Å². The van der Waals surface area contributed by atoms with Crippen molar-refractivity contribution in [3.05, 3.63) is 0 Å². The quantitative estimate of drug-likeness (QED) is 0.817. The van der Waals surface area contributed by atoms with Gasteiger partial charge in [-0.1, -0.05) is 19.3 Å². The number of nitrogens with zero attached hydrogens (tertiary/aromatic N) is 1. The molecule has 0 aromatic rings. The predicted molar refractivity (Wildman–Crippen MR) is 81.1 cm³/mol. The van der Waals surface area contributed by atoms with E-state index in [0.717, 1.165) is 38.6 Å². The minimum absolute atomic E-state index is 0.311. The summed E-state index contributed by atoms with van der Waals surface area (Å²) in [6.07, 6.45) is 10.4. The summed E-state index contributed by atoms with van der Waals surface area (Å²) in [6.45, 7) is 1.76. The van der Waals surface area contributed by atoms with E-state index in [2.05, 4.69) is 5.32 Å². The van der Waals surface area contributed by atoms with Crippen LogP contribution in [0.2, 0.25) is 0 Å². The lowest BCUT2D eigenvalue weighted by Gasteiger charge is -2.28. The number of nitrogens with one attached hydrogen (secondary N) is 1. The molecule has 3 aliphatic rings. The van der Waals surface area contributed by atoms with E-state index >= 15 is 0 Å². The van der Waals surface area contributed by atoms with Crippen LogP contribution in [0.3, 0.4) is 0 Å². The SMILES string of the molecule is O=S(=O)(CC1CCCCC1)N(CC1CCCN1)C1CC1. The van der Waals surface area contributed by atoms with Crippen LogP contribution in [0.15, 0.2) is 0 Å². The molecule has 3 fully saturated rings. The fraction of sp³-hybridized carbons (Fsp3) is 1.00. The van der Waals surface area contributed by atoms with Gasteiger partial charge in [-0.3, -0.25) is 0 Å². The highest BCUT2D eigenvalue weighted by Crippen LogP contribution is 2.33. The van der Waals surface area contributed by atoms with Gasteiger partial charge in [-0.25, -0.2) is 8.42 Å². The molecular formula is C15H28N2O2S. The van der Waals surface area contributed by atoms with Crippen LogP contribution < -0.4 is 5.32 Å². The molecule has 0 radical (unpaired) electrons. The van der Waals surface area contributed by atoms with Gasteiger partial charge < -0.3 is 5.32 Å².